The van der Waals surface area contributed by atoms with Crippen molar-refractivity contribution in [3.05, 3.63) is 47.7 Å². The second-order valence-electron chi connectivity index (χ2n) is 4.63. The lowest BCUT2D eigenvalue weighted by molar-refractivity contribution is -0.111. The average Bonchev–Trinajstić information content (AvgIpc) is 3.21. The Morgan fingerprint density at radius 2 is 2.27 bits per heavy atom. The van der Waals surface area contributed by atoms with Crippen LogP contribution in [0.4, 0.5) is 5.69 Å². The number of carbonyl (C=O) groups is 1. The van der Waals surface area contributed by atoms with E-state index < -0.39 is 0 Å². The first-order chi connectivity index (χ1) is 10.8. The third kappa shape index (κ3) is 2.31. The number of nitrogens with zero attached hydrogens (tertiary/aromatic N) is 2. The first-order valence-electron chi connectivity index (χ1n) is 6.59. The molecule has 0 saturated heterocycles. The third-order valence-electron chi connectivity index (χ3n) is 3.22. The molecule has 0 fully saturated rings. The Labute approximate surface area is 129 Å². The smallest absolute Gasteiger partial charge is 0.248 e. The maximum atomic E-state index is 12.0. The molecule has 1 aliphatic rings. The summed E-state index contributed by atoms with van der Waals surface area (Å²) in [6, 6.07) is 5.28. The van der Waals surface area contributed by atoms with Gasteiger partial charge in [-0.15, -0.1) is 11.3 Å². The molecule has 110 valence electrons. The van der Waals surface area contributed by atoms with E-state index in [1.807, 2.05) is 16.0 Å². The van der Waals surface area contributed by atoms with E-state index in [1.54, 1.807) is 41.8 Å². The highest BCUT2D eigenvalue weighted by Gasteiger charge is 2.13. The largest absolute Gasteiger partial charge is 0.454 e. The SMILES string of the molecule is O=C(/C=C/c1cnc2sccn12)Nc1ccc2c(c1)OCO2. The number of thiazole rings is 1. The van der Waals surface area contributed by atoms with Crippen LogP contribution < -0.4 is 14.8 Å². The molecule has 22 heavy (non-hydrogen) atoms. The minimum absolute atomic E-state index is 0.213. The summed E-state index contributed by atoms with van der Waals surface area (Å²) in [4.78, 5) is 17.1. The van der Waals surface area contributed by atoms with Gasteiger partial charge in [0.2, 0.25) is 12.7 Å². The number of fused-ring (bicyclic) bond motifs is 2. The molecule has 3 heterocycles. The highest BCUT2D eigenvalue weighted by atomic mass is 32.1. The van der Waals surface area contributed by atoms with Crippen molar-refractivity contribution in [3.63, 3.8) is 0 Å². The molecular formula is C15H11N3O3S. The maximum absolute atomic E-state index is 12.0. The van der Waals surface area contributed by atoms with Gasteiger partial charge >= 0.3 is 0 Å². The van der Waals surface area contributed by atoms with Crippen LogP contribution >= 0.6 is 11.3 Å². The number of anilines is 1. The van der Waals surface area contributed by atoms with Gasteiger partial charge in [-0.25, -0.2) is 4.98 Å². The Balaban J connectivity index is 1.48. The number of ether oxygens (including phenoxy) is 2. The van der Waals surface area contributed by atoms with Gasteiger partial charge in [0, 0.05) is 29.4 Å². The Bertz CT molecular complexity index is 881. The number of hydrogen-bond acceptors (Lipinski definition) is 5. The van der Waals surface area contributed by atoms with Crippen molar-refractivity contribution < 1.29 is 14.3 Å². The van der Waals surface area contributed by atoms with Crippen molar-refractivity contribution in [1.82, 2.24) is 9.38 Å². The van der Waals surface area contributed by atoms with E-state index in [9.17, 15) is 4.79 Å². The van der Waals surface area contributed by atoms with Crippen molar-refractivity contribution >= 4 is 34.0 Å². The van der Waals surface area contributed by atoms with Crippen LogP contribution in [0.2, 0.25) is 0 Å². The summed E-state index contributed by atoms with van der Waals surface area (Å²) in [5, 5.41) is 4.74. The third-order valence-corrected chi connectivity index (χ3v) is 3.99. The lowest BCUT2D eigenvalue weighted by Gasteiger charge is -2.03. The first-order valence-corrected chi connectivity index (χ1v) is 7.47. The fourth-order valence-electron chi connectivity index (χ4n) is 2.19. The summed E-state index contributed by atoms with van der Waals surface area (Å²) < 4.78 is 12.4. The fraction of sp³-hybridized carbons (Fsp3) is 0.0667. The van der Waals surface area contributed by atoms with Gasteiger partial charge in [-0.1, -0.05) is 0 Å². The zero-order valence-corrected chi connectivity index (χ0v) is 12.2. The van der Waals surface area contributed by atoms with Crippen molar-refractivity contribution in [2.75, 3.05) is 12.1 Å². The topological polar surface area (TPSA) is 64.9 Å². The van der Waals surface area contributed by atoms with Crippen LogP contribution in [-0.4, -0.2) is 22.1 Å². The fourth-order valence-corrected chi connectivity index (χ4v) is 2.89. The monoisotopic (exact) mass is 313 g/mol. The number of rotatable bonds is 3. The number of hydrogen-bond donors (Lipinski definition) is 1. The second-order valence-corrected chi connectivity index (χ2v) is 5.50. The molecule has 1 amide bonds. The van der Waals surface area contributed by atoms with Crippen LogP contribution in [0, 0.1) is 0 Å². The molecular weight excluding hydrogens is 302 g/mol. The van der Waals surface area contributed by atoms with Crippen LogP contribution in [-0.2, 0) is 4.79 Å². The van der Waals surface area contributed by atoms with Crippen molar-refractivity contribution in [3.8, 4) is 11.5 Å². The predicted octanol–water partition coefficient (Wildman–Crippen LogP) is 2.78. The Morgan fingerprint density at radius 3 is 3.23 bits per heavy atom. The van der Waals surface area contributed by atoms with Crippen molar-refractivity contribution in [2.45, 2.75) is 0 Å². The molecule has 0 saturated carbocycles. The van der Waals surface area contributed by atoms with Gasteiger partial charge < -0.3 is 14.8 Å². The van der Waals surface area contributed by atoms with E-state index >= 15 is 0 Å². The highest BCUT2D eigenvalue weighted by molar-refractivity contribution is 7.15. The number of nitrogens with one attached hydrogen (secondary N) is 1. The summed E-state index contributed by atoms with van der Waals surface area (Å²) in [6.45, 7) is 0.213. The molecule has 1 aliphatic heterocycles. The number of imidazole rings is 1. The molecule has 6 nitrogen and oxygen atoms in total. The van der Waals surface area contributed by atoms with Gasteiger partial charge in [-0.3, -0.25) is 9.20 Å². The summed E-state index contributed by atoms with van der Waals surface area (Å²) in [7, 11) is 0. The Morgan fingerprint density at radius 1 is 1.36 bits per heavy atom. The van der Waals surface area contributed by atoms with Gasteiger partial charge in [0.25, 0.3) is 0 Å². The lowest BCUT2D eigenvalue weighted by Crippen LogP contribution is -2.07. The lowest BCUT2D eigenvalue weighted by atomic mass is 10.2. The van der Waals surface area contributed by atoms with E-state index in [0.717, 1.165) is 10.7 Å². The number of benzene rings is 1. The van der Waals surface area contributed by atoms with Gasteiger partial charge in [-0.05, 0) is 18.2 Å². The summed E-state index contributed by atoms with van der Waals surface area (Å²) in [5.41, 5.74) is 1.52. The van der Waals surface area contributed by atoms with E-state index in [1.165, 1.54) is 6.08 Å². The molecule has 0 atom stereocenters. The normalized spacial score (nSPS) is 13.1. The summed E-state index contributed by atoms with van der Waals surface area (Å²) >= 11 is 1.55. The first kappa shape index (κ1) is 12.9. The summed E-state index contributed by atoms with van der Waals surface area (Å²) in [6.07, 6.45) is 6.86. The molecule has 2 aromatic heterocycles. The molecule has 7 heteroatoms. The van der Waals surface area contributed by atoms with Gasteiger partial charge in [0.05, 0.1) is 11.9 Å². The number of amides is 1. The molecule has 0 spiro atoms. The molecule has 0 unspecified atom stereocenters. The van der Waals surface area contributed by atoms with E-state index in [-0.39, 0.29) is 12.7 Å². The maximum Gasteiger partial charge on any atom is 0.248 e. The molecule has 1 N–H and O–H groups in total. The molecule has 4 rings (SSSR count). The molecule has 1 aromatic carbocycles. The van der Waals surface area contributed by atoms with E-state index in [4.69, 9.17) is 9.47 Å². The van der Waals surface area contributed by atoms with Crippen LogP contribution in [0.1, 0.15) is 5.69 Å². The Hall–Kier alpha value is -2.80. The van der Waals surface area contributed by atoms with Crippen LogP contribution in [0.3, 0.4) is 0 Å². The average molecular weight is 313 g/mol. The number of carbonyl (C=O) groups excluding carboxylic acids is 1. The van der Waals surface area contributed by atoms with E-state index in [2.05, 4.69) is 10.3 Å². The van der Waals surface area contributed by atoms with Crippen LogP contribution in [0.5, 0.6) is 11.5 Å². The standard InChI is InChI=1S/C15H11N3O3S/c19-14(4-2-11-8-16-15-18(11)5-6-22-15)17-10-1-3-12-13(7-10)21-9-20-12/h1-8H,9H2,(H,17,19)/b4-2+. The second kappa shape index (κ2) is 5.19. The molecule has 0 bridgehead atoms. The molecule has 0 aliphatic carbocycles. The van der Waals surface area contributed by atoms with Crippen molar-refractivity contribution in [2.24, 2.45) is 0 Å². The summed E-state index contributed by atoms with van der Waals surface area (Å²) in [5.74, 6) is 1.11. The molecule has 0 radical (unpaired) electrons. The zero-order chi connectivity index (χ0) is 14.9. The predicted molar refractivity (Wildman–Crippen MR) is 83.3 cm³/mol. The van der Waals surface area contributed by atoms with Gasteiger partial charge in [0.15, 0.2) is 16.5 Å². The minimum atomic E-state index is -0.218. The van der Waals surface area contributed by atoms with Gasteiger partial charge in [-0.2, -0.15) is 0 Å². The number of aromatic nitrogens is 2. The minimum Gasteiger partial charge on any atom is -0.454 e. The molecule has 3 aromatic rings. The highest BCUT2D eigenvalue weighted by Crippen LogP contribution is 2.34. The van der Waals surface area contributed by atoms with Crippen molar-refractivity contribution in [1.29, 1.82) is 0 Å². The quantitative estimate of drug-likeness (QED) is 0.755. The van der Waals surface area contributed by atoms with Gasteiger partial charge in [0.1, 0.15) is 0 Å². The Kier molecular flexibility index (Phi) is 3.05. The van der Waals surface area contributed by atoms with Crippen LogP contribution in [0.25, 0.3) is 11.0 Å². The van der Waals surface area contributed by atoms with E-state index in [0.29, 0.717) is 17.2 Å². The zero-order valence-electron chi connectivity index (χ0n) is 11.4. The van der Waals surface area contributed by atoms with Crippen LogP contribution in [0.15, 0.2) is 42.0 Å².